The third kappa shape index (κ3) is 2.23. The second-order valence-corrected chi connectivity index (χ2v) is 4.85. The molecule has 86 valence electrons. The first-order chi connectivity index (χ1) is 8.43. The molecule has 3 rings (SSSR count). The summed E-state index contributed by atoms with van der Waals surface area (Å²) in [5, 5.41) is 13.9. The Labute approximate surface area is 103 Å². The average molecular weight is 243 g/mol. The second kappa shape index (κ2) is 4.69. The lowest BCUT2D eigenvalue weighted by Crippen LogP contribution is -2.12. The SMILES string of the molecule is c1ccc2c(CNCc3ccn[nH]3)csc2c1. The van der Waals surface area contributed by atoms with Gasteiger partial charge in [-0.15, -0.1) is 11.3 Å². The highest BCUT2D eigenvalue weighted by atomic mass is 32.1. The maximum Gasteiger partial charge on any atom is 0.0490 e. The summed E-state index contributed by atoms with van der Waals surface area (Å²) in [5.41, 5.74) is 2.48. The fraction of sp³-hybridized carbons (Fsp3) is 0.154. The van der Waals surface area contributed by atoms with E-state index in [1.54, 1.807) is 17.5 Å². The van der Waals surface area contributed by atoms with Gasteiger partial charge in [0.1, 0.15) is 0 Å². The Morgan fingerprint density at radius 1 is 1.18 bits per heavy atom. The van der Waals surface area contributed by atoms with Crippen molar-refractivity contribution in [1.82, 2.24) is 15.5 Å². The molecule has 3 aromatic rings. The smallest absolute Gasteiger partial charge is 0.0490 e. The van der Waals surface area contributed by atoms with E-state index in [-0.39, 0.29) is 0 Å². The lowest BCUT2D eigenvalue weighted by Gasteiger charge is -2.02. The molecule has 2 heterocycles. The molecule has 0 fully saturated rings. The van der Waals surface area contributed by atoms with E-state index in [1.165, 1.54) is 15.6 Å². The minimum absolute atomic E-state index is 0.824. The van der Waals surface area contributed by atoms with Gasteiger partial charge in [0.05, 0.1) is 0 Å². The molecular formula is C13H13N3S. The number of hydrogen-bond acceptors (Lipinski definition) is 3. The number of rotatable bonds is 4. The molecule has 0 saturated carbocycles. The van der Waals surface area contributed by atoms with Crippen molar-refractivity contribution >= 4 is 21.4 Å². The van der Waals surface area contributed by atoms with Gasteiger partial charge in [-0.25, -0.2) is 0 Å². The normalized spacial score (nSPS) is 11.1. The van der Waals surface area contributed by atoms with Crippen LogP contribution in [0.2, 0.25) is 0 Å². The average Bonchev–Trinajstić information content (AvgIpc) is 2.99. The van der Waals surface area contributed by atoms with E-state index in [0.29, 0.717) is 0 Å². The molecule has 0 bridgehead atoms. The summed E-state index contributed by atoms with van der Waals surface area (Å²) in [4.78, 5) is 0. The number of fused-ring (bicyclic) bond motifs is 1. The van der Waals surface area contributed by atoms with E-state index in [2.05, 4.69) is 45.2 Å². The van der Waals surface area contributed by atoms with Crippen LogP contribution in [-0.4, -0.2) is 10.2 Å². The zero-order chi connectivity index (χ0) is 11.5. The van der Waals surface area contributed by atoms with Crippen molar-refractivity contribution in [3.8, 4) is 0 Å². The Bertz CT molecular complexity index is 598. The number of nitrogens with one attached hydrogen (secondary N) is 2. The van der Waals surface area contributed by atoms with Crippen LogP contribution in [-0.2, 0) is 13.1 Å². The van der Waals surface area contributed by atoms with Crippen molar-refractivity contribution in [2.45, 2.75) is 13.1 Å². The van der Waals surface area contributed by atoms with Gasteiger partial charge in [-0.2, -0.15) is 5.10 Å². The van der Waals surface area contributed by atoms with Crippen LogP contribution in [0.4, 0.5) is 0 Å². The summed E-state index contributed by atoms with van der Waals surface area (Å²) >= 11 is 1.80. The van der Waals surface area contributed by atoms with Crippen LogP contribution < -0.4 is 5.32 Å². The van der Waals surface area contributed by atoms with Crippen LogP contribution in [0, 0.1) is 0 Å². The summed E-state index contributed by atoms with van der Waals surface area (Å²) in [5.74, 6) is 0. The van der Waals surface area contributed by atoms with E-state index < -0.39 is 0 Å². The van der Waals surface area contributed by atoms with Crippen molar-refractivity contribution < 1.29 is 0 Å². The Balaban J connectivity index is 1.69. The first kappa shape index (κ1) is 10.5. The zero-order valence-corrected chi connectivity index (χ0v) is 10.1. The van der Waals surface area contributed by atoms with Gasteiger partial charge in [0, 0.05) is 29.7 Å². The van der Waals surface area contributed by atoms with E-state index in [0.717, 1.165) is 18.8 Å². The quantitative estimate of drug-likeness (QED) is 0.739. The predicted octanol–water partition coefficient (Wildman–Crippen LogP) is 2.91. The monoisotopic (exact) mass is 243 g/mol. The molecule has 0 radical (unpaired) electrons. The van der Waals surface area contributed by atoms with Gasteiger partial charge in [-0.3, -0.25) is 5.10 Å². The highest BCUT2D eigenvalue weighted by molar-refractivity contribution is 7.17. The van der Waals surface area contributed by atoms with Gasteiger partial charge in [-0.1, -0.05) is 18.2 Å². The van der Waals surface area contributed by atoms with Crippen molar-refractivity contribution in [2.75, 3.05) is 0 Å². The molecular weight excluding hydrogens is 230 g/mol. The summed E-state index contributed by atoms with van der Waals surface area (Å²) in [6.45, 7) is 1.72. The fourth-order valence-electron chi connectivity index (χ4n) is 1.88. The standard InChI is InChI=1S/C13H13N3S/c1-2-4-13-12(3-1)10(9-17-13)7-14-8-11-5-6-15-16-11/h1-6,9,14H,7-8H2,(H,15,16). The Hall–Kier alpha value is -1.65. The molecule has 0 aliphatic heterocycles. The first-order valence-electron chi connectivity index (χ1n) is 5.57. The van der Waals surface area contributed by atoms with Crippen LogP contribution in [0.1, 0.15) is 11.3 Å². The number of thiophene rings is 1. The number of nitrogens with zero attached hydrogens (tertiary/aromatic N) is 1. The molecule has 0 spiro atoms. The Morgan fingerprint density at radius 3 is 3.00 bits per heavy atom. The van der Waals surface area contributed by atoms with Crippen molar-refractivity contribution in [3.05, 3.63) is 53.2 Å². The third-order valence-corrected chi connectivity index (χ3v) is 3.76. The second-order valence-electron chi connectivity index (χ2n) is 3.94. The minimum atomic E-state index is 0.824. The third-order valence-electron chi connectivity index (χ3n) is 2.75. The van der Waals surface area contributed by atoms with Crippen molar-refractivity contribution in [1.29, 1.82) is 0 Å². The lowest BCUT2D eigenvalue weighted by molar-refractivity contribution is 0.681. The number of benzene rings is 1. The predicted molar refractivity (Wildman–Crippen MR) is 71.0 cm³/mol. The van der Waals surface area contributed by atoms with E-state index in [9.17, 15) is 0 Å². The van der Waals surface area contributed by atoms with Gasteiger partial charge < -0.3 is 5.32 Å². The van der Waals surface area contributed by atoms with E-state index in [4.69, 9.17) is 0 Å². The van der Waals surface area contributed by atoms with Gasteiger partial charge in [0.15, 0.2) is 0 Å². The van der Waals surface area contributed by atoms with Crippen LogP contribution in [0.25, 0.3) is 10.1 Å². The fourth-order valence-corrected chi connectivity index (χ4v) is 2.85. The van der Waals surface area contributed by atoms with Gasteiger partial charge in [0.2, 0.25) is 0 Å². The summed E-state index contributed by atoms with van der Waals surface area (Å²) in [6, 6.07) is 10.5. The van der Waals surface area contributed by atoms with E-state index >= 15 is 0 Å². The van der Waals surface area contributed by atoms with Crippen LogP contribution in [0.15, 0.2) is 41.9 Å². The summed E-state index contributed by atoms with van der Waals surface area (Å²) < 4.78 is 1.35. The minimum Gasteiger partial charge on any atom is -0.307 e. The Kier molecular flexibility index (Phi) is 2.90. The molecule has 0 saturated heterocycles. The van der Waals surface area contributed by atoms with Gasteiger partial charge in [0.25, 0.3) is 0 Å². The van der Waals surface area contributed by atoms with Crippen LogP contribution in [0.3, 0.4) is 0 Å². The molecule has 2 aromatic heterocycles. The van der Waals surface area contributed by atoms with Crippen molar-refractivity contribution in [3.63, 3.8) is 0 Å². The molecule has 17 heavy (non-hydrogen) atoms. The van der Waals surface area contributed by atoms with Gasteiger partial charge >= 0.3 is 0 Å². The summed E-state index contributed by atoms with van der Waals surface area (Å²) in [7, 11) is 0. The Morgan fingerprint density at radius 2 is 2.12 bits per heavy atom. The molecule has 0 unspecified atom stereocenters. The number of aromatic nitrogens is 2. The summed E-state index contributed by atoms with van der Waals surface area (Å²) in [6.07, 6.45) is 1.77. The molecule has 0 aliphatic carbocycles. The van der Waals surface area contributed by atoms with Crippen LogP contribution in [0.5, 0.6) is 0 Å². The van der Waals surface area contributed by atoms with Crippen molar-refractivity contribution in [2.24, 2.45) is 0 Å². The highest BCUT2D eigenvalue weighted by Crippen LogP contribution is 2.25. The maximum atomic E-state index is 3.92. The molecule has 0 atom stereocenters. The topological polar surface area (TPSA) is 40.7 Å². The molecule has 2 N–H and O–H groups in total. The molecule has 3 nitrogen and oxygen atoms in total. The number of hydrogen-bond donors (Lipinski definition) is 2. The highest BCUT2D eigenvalue weighted by Gasteiger charge is 2.02. The molecule has 4 heteroatoms. The van der Waals surface area contributed by atoms with E-state index in [1.807, 2.05) is 6.07 Å². The lowest BCUT2D eigenvalue weighted by atomic mass is 10.2. The number of H-pyrrole nitrogens is 1. The van der Waals surface area contributed by atoms with Crippen LogP contribution >= 0.6 is 11.3 Å². The number of aromatic amines is 1. The molecule has 0 amide bonds. The largest absolute Gasteiger partial charge is 0.307 e. The first-order valence-corrected chi connectivity index (χ1v) is 6.45. The molecule has 0 aliphatic rings. The maximum absolute atomic E-state index is 3.92. The molecule has 1 aromatic carbocycles. The van der Waals surface area contributed by atoms with Gasteiger partial charge in [-0.05, 0) is 28.5 Å². The zero-order valence-electron chi connectivity index (χ0n) is 9.31.